The molecule has 0 saturated heterocycles. The van der Waals surface area contributed by atoms with Gasteiger partial charge in [-0.25, -0.2) is 0 Å². The van der Waals surface area contributed by atoms with Gasteiger partial charge in [0.1, 0.15) is 0 Å². The van der Waals surface area contributed by atoms with Crippen LogP contribution < -0.4 is 0 Å². The molecule has 0 amide bonds. The van der Waals surface area contributed by atoms with Gasteiger partial charge in [-0.3, -0.25) is 0 Å². The van der Waals surface area contributed by atoms with E-state index in [1.165, 1.54) is 16.3 Å². The van der Waals surface area contributed by atoms with Crippen LogP contribution in [-0.2, 0) is 23.6 Å². The topological polar surface area (TPSA) is 0 Å². The first kappa shape index (κ1) is 28.2. The van der Waals surface area contributed by atoms with E-state index in [4.69, 9.17) is 0 Å². The molecule has 0 aromatic heterocycles. The van der Waals surface area contributed by atoms with E-state index in [-0.39, 0.29) is 5.41 Å². The fourth-order valence-corrected chi connectivity index (χ4v) is 11.9. The van der Waals surface area contributed by atoms with Crippen molar-refractivity contribution in [3.8, 4) is 0 Å². The zero-order valence-corrected chi connectivity index (χ0v) is 23.5. The zero-order chi connectivity index (χ0) is 22.6. The Kier molecular flexibility index (Phi) is 10.6. The minimum absolute atomic E-state index is 0.253. The van der Waals surface area contributed by atoms with Gasteiger partial charge in [-0.1, -0.05) is 26.8 Å². The molecule has 0 heterocycles. The molecule has 0 aliphatic rings. The van der Waals surface area contributed by atoms with E-state index in [1.807, 2.05) is 0 Å². The quantitative estimate of drug-likeness (QED) is 0.186. The SMILES string of the molecule is CC(C)(C)[PH+](C(C)(C)C)C(C)(C)C.CC(C)(C)[c-]1ccc2ccccc21.[Cl][Pd+]. The van der Waals surface area contributed by atoms with Crippen LogP contribution in [-0.4, -0.2) is 15.5 Å². The van der Waals surface area contributed by atoms with Crippen molar-refractivity contribution in [1.82, 2.24) is 0 Å². The summed E-state index contributed by atoms with van der Waals surface area (Å²) in [5.74, 6) is 0. The van der Waals surface area contributed by atoms with Crippen LogP contribution in [0.25, 0.3) is 10.8 Å². The Morgan fingerprint density at radius 3 is 1.39 bits per heavy atom. The molecular formula is C25H43ClPPd+. The molecular weight excluding hydrogens is 473 g/mol. The van der Waals surface area contributed by atoms with Gasteiger partial charge in [-0.15, -0.1) is 40.6 Å². The number of fused-ring (bicyclic) bond motifs is 1. The van der Waals surface area contributed by atoms with E-state index in [0.717, 1.165) is 0 Å². The van der Waals surface area contributed by atoms with E-state index >= 15 is 0 Å². The van der Waals surface area contributed by atoms with Crippen LogP contribution in [0.3, 0.4) is 0 Å². The molecule has 0 spiro atoms. The summed E-state index contributed by atoms with van der Waals surface area (Å²) in [6.45, 7) is 28.4. The summed E-state index contributed by atoms with van der Waals surface area (Å²) in [6, 6.07) is 13.0. The molecule has 0 bridgehead atoms. The van der Waals surface area contributed by atoms with Gasteiger partial charge in [0.2, 0.25) is 0 Å². The fourth-order valence-electron chi connectivity index (χ4n) is 5.18. The Hall–Kier alpha value is 0.212. The third-order valence-electron chi connectivity index (χ3n) is 4.74. The maximum absolute atomic E-state index is 4.49. The average Bonchev–Trinajstić information content (AvgIpc) is 2.88. The summed E-state index contributed by atoms with van der Waals surface area (Å²) >= 11 is 2.22. The summed E-state index contributed by atoms with van der Waals surface area (Å²) in [6.07, 6.45) is 0. The minimum atomic E-state index is -0.391. The molecule has 2 aromatic rings. The molecule has 2 rings (SSSR count). The van der Waals surface area contributed by atoms with Crippen molar-refractivity contribution in [1.29, 1.82) is 0 Å². The zero-order valence-electron chi connectivity index (χ0n) is 20.2. The molecule has 0 N–H and O–H groups in total. The van der Waals surface area contributed by atoms with Crippen LogP contribution in [0.2, 0.25) is 0 Å². The van der Waals surface area contributed by atoms with E-state index in [9.17, 15) is 0 Å². The molecule has 0 aliphatic heterocycles. The Bertz CT molecular complexity index is 670. The number of halogens is 1. The molecule has 0 aliphatic carbocycles. The number of hydrogen-bond donors (Lipinski definition) is 0. The van der Waals surface area contributed by atoms with Gasteiger partial charge in [0, 0.05) is 7.92 Å². The van der Waals surface area contributed by atoms with Crippen LogP contribution in [0.4, 0.5) is 0 Å². The molecule has 0 atom stereocenters. The van der Waals surface area contributed by atoms with Crippen molar-refractivity contribution in [3.63, 3.8) is 0 Å². The summed E-state index contributed by atoms with van der Waals surface area (Å²) in [4.78, 5) is 0. The van der Waals surface area contributed by atoms with Crippen molar-refractivity contribution in [3.05, 3.63) is 42.0 Å². The number of rotatable bonds is 0. The predicted molar refractivity (Wildman–Crippen MR) is 132 cm³/mol. The Balaban J connectivity index is 0.000000478. The fraction of sp³-hybridized carbons (Fsp3) is 0.640. The third kappa shape index (κ3) is 8.52. The standard InChI is InChI=1S/C13H15.C12H27P.ClH.Pd/c1-13(2,3)12-9-8-10-6-4-5-7-11(10)12;1-10(2,3)13(11(4,5)6)12(7,8)9;;/h4-9H,1-3H3;1-9H3;1H;/q-1;;;+2. The van der Waals surface area contributed by atoms with Crippen molar-refractivity contribution in [2.45, 2.75) is 104 Å². The van der Waals surface area contributed by atoms with Gasteiger partial charge in [0.05, 0.1) is 15.5 Å². The van der Waals surface area contributed by atoms with Crippen LogP contribution >= 0.6 is 17.5 Å². The van der Waals surface area contributed by atoms with Crippen molar-refractivity contribution in [2.24, 2.45) is 0 Å². The van der Waals surface area contributed by atoms with Gasteiger partial charge in [0.25, 0.3) is 0 Å². The second kappa shape index (κ2) is 10.5. The Morgan fingerprint density at radius 1 is 0.679 bits per heavy atom. The van der Waals surface area contributed by atoms with Gasteiger partial charge < -0.3 is 0 Å². The molecule has 0 radical (unpaired) electrons. The molecule has 0 nitrogen and oxygen atoms in total. The van der Waals surface area contributed by atoms with Gasteiger partial charge in [-0.05, 0) is 67.7 Å². The predicted octanol–water partition coefficient (Wildman–Crippen LogP) is 9.14. The third-order valence-corrected chi connectivity index (χ3v) is 9.24. The summed E-state index contributed by atoms with van der Waals surface area (Å²) < 4.78 is 0. The van der Waals surface area contributed by atoms with Crippen LogP contribution in [0, 0.1) is 0 Å². The van der Waals surface area contributed by atoms with E-state index in [0.29, 0.717) is 15.5 Å². The molecule has 0 unspecified atom stereocenters. The molecule has 2 aromatic carbocycles. The molecule has 0 fully saturated rings. The number of benzene rings is 1. The Morgan fingerprint density at radius 2 is 1.07 bits per heavy atom. The summed E-state index contributed by atoms with van der Waals surface area (Å²) in [5.41, 5.74) is 1.70. The van der Waals surface area contributed by atoms with Crippen molar-refractivity contribution < 1.29 is 18.2 Å². The average molecular weight is 516 g/mol. The Labute approximate surface area is 191 Å². The van der Waals surface area contributed by atoms with E-state index < -0.39 is 7.92 Å². The van der Waals surface area contributed by atoms with Gasteiger partial charge in [-0.2, -0.15) is 6.07 Å². The van der Waals surface area contributed by atoms with E-state index in [2.05, 4.69) is 147 Å². The second-order valence-corrected chi connectivity index (χ2v) is 17.0. The first-order valence-electron chi connectivity index (χ1n) is 10.1. The first-order valence-corrected chi connectivity index (χ1v) is 13.6. The second-order valence-electron chi connectivity index (χ2n) is 11.7. The van der Waals surface area contributed by atoms with Crippen molar-refractivity contribution in [2.75, 3.05) is 0 Å². The monoisotopic (exact) mass is 515 g/mol. The van der Waals surface area contributed by atoms with Gasteiger partial charge in [0.15, 0.2) is 0 Å². The first-order chi connectivity index (χ1) is 12.5. The molecule has 3 heteroatoms. The van der Waals surface area contributed by atoms with Crippen LogP contribution in [0.1, 0.15) is 88.6 Å². The molecule has 164 valence electrons. The van der Waals surface area contributed by atoms with Gasteiger partial charge >= 0.3 is 27.7 Å². The van der Waals surface area contributed by atoms with Crippen LogP contribution in [0.5, 0.6) is 0 Å². The normalized spacial score (nSPS) is 13.0. The van der Waals surface area contributed by atoms with E-state index in [1.54, 1.807) is 0 Å². The maximum atomic E-state index is 4.49. The number of hydrogen-bond acceptors (Lipinski definition) is 0. The molecule has 0 saturated carbocycles. The van der Waals surface area contributed by atoms with Crippen molar-refractivity contribution >= 4 is 28.2 Å². The summed E-state index contributed by atoms with van der Waals surface area (Å²) in [5, 5.41) is 4.21. The summed E-state index contributed by atoms with van der Waals surface area (Å²) in [7, 11) is 4.10. The van der Waals surface area contributed by atoms with Crippen LogP contribution in [0.15, 0.2) is 36.4 Å². The molecule has 28 heavy (non-hydrogen) atoms.